The molecule has 3 aromatic rings. The third kappa shape index (κ3) is 4.64. The summed E-state index contributed by atoms with van der Waals surface area (Å²) in [5.74, 6) is 2.72. The molecule has 0 bridgehead atoms. The van der Waals surface area contributed by atoms with Crippen LogP contribution in [-0.2, 0) is 11.8 Å². The number of piperazine rings is 1. The van der Waals surface area contributed by atoms with E-state index in [-0.39, 0.29) is 5.91 Å². The lowest BCUT2D eigenvalue weighted by Gasteiger charge is -2.35. The van der Waals surface area contributed by atoms with Gasteiger partial charge in [-0.05, 0) is 25.1 Å². The Morgan fingerprint density at radius 3 is 2.63 bits per heavy atom. The van der Waals surface area contributed by atoms with Crippen LogP contribution in [0.25, 0.3) is 11.4 Å². The summed E-state index contributed by atoms with van der Waals surface area (Å²) in [5.41, 5.74) is 2.25. The van der Waals surface area contributed by atoms with Crippen molar-refractivity contribution in [3.63, 3.8) is 0 Å². The highest BCUT2D eigenvalue weighted by molar-refractivity contribution is 7.99. The fourth-order valence-corrected chi connectivity index (χ4v) is 4.43. The zero-order valence-electron chi connectivity index (χ0n) is 17.4. The summed E-state index contributed by atoms with van der Waals surface area (Å²) in [6.45, 7) is 5.18. The molecule has 0 saturated carbocycles. The lowest BCUT2D eigenvalue weighted by molar-refractivity contribution is -0.131. The molecule has 4 rings (SSSR count). The first-order chi connectivity index (χ1) is 14.6. The van der Waals surface area contributed by atoms with Crippen LogP contribution in [0, 0.1) is 6.92 Å². The van der Waals surface area contributed by atoms with Crippen molar-refractivity contribution in [1.82, 2.24) is 24.6 Å². The highest BCUT2D eigenvalue weighted by Gasteiger charge is 2.22. The van der Waals surface area contributed by atoms with E-state index in [0.29, 0.717) is 12.2 Å². The number of nitrogens with zero attached hydrogens (tertiary/aromatic N) is 6. The van der Waals surface area contributed by atoms with Gasteiger partial charge >= 0.3 is 0 Å². The SMILES string of the molecule is Cc1cccc(-c2nnc(SCCC(=O)N3CCN(c4ccccn4)CC3)n2C)c1. The highest BCUT2D eigenvalue weighted by atomic mass is 32.2. The number of carbonyl (C=O) groups excluding carboxylic acids is 1. The lowest BCUT2D eigenvalue weighted by Crippen LogP contribution is -2.49. The topological polar surface area (TPSA) is 67.2 Å². The van der Waals surface area contributed by atoms with Crippen LogP contribution in [-0.4, -0.2) is 62.5 Å². The monoisotopic (exact) mass is 422 g/mol. The minimum atomic E-state index is 0.198. The summed E-state index contributed by atoms with van der Waals surface area (Å²) in [4.78, 5) is 21.2. The van der Waals surface area contributed by atoms with Gasteiger partial charge in [0.2, 0.25) is 5.91 Å². The van der Waals surface area contributed by atoms with Gasteiger partial charge in [-0.1, -0.05) is 41.6 Å². The molecule has 1 aromatic carbocycles. The number of amides is 1. The molecule has 1 saturated heterocycles. The second kappa shape index (κ2) is 9.30. The average Bonchev–Trinajstić information content (AvgIpc) is 3.15. The van der Waals surface area contributed by atoms with Crippen LogP contribution in [0.15, 0.2) is 53.8 Å². The van der Waals surface area contributed by atoms with E-state index < -0.39 is 0 Å². The van der Waals surface area contributed by atoms with Crippen molar-refractivity contribution in [3.05, 3.63) is 54.2 Å². The van der Waals surface area contributed by atoms with E-state index in [1.54, 1.807) is 18.0 Å². The molecule has 0 radical (unpaired) electrons. The summed E-state index contributed by atoms with van der Waals surface area (Å²) >= 11 is 1.58. The molecule has 1 aliphatic heterocycles. The summed E-state index contributed by atoms with van der Waals surface area (Å²) in [7, 11) is 1.97. The van der Waals surface area contributed by atoms with Gasteiger partial charge in [0.25, 0.3) is 0 Å². The third-order valence-electron chi connectivity index (χ3n) is 5.26. The summed E-state index contributed by atoms with van der Waals surface area (Å²) < 4.78 is 2.00. The average molecular weight is 423 g/mol. The van der Waals surface area contributed by atoms with Gasteiger partial charge in [-0.15, -0.1) is 10.2 Å². The molecule has 1 aliphatic rings. The summed E-state index contributed by atoms with van der Waals surface area (Å²) in [6.07, 6.45) is 2.31. The predicted octanol–water partition coefficient (Wildman–Crippen LogP) is 3.02. The number of carbonyl (C=O) groups is 1. The standard InChI is InChI=1S/C22H26N6OS/c1-17-6-5-7-18(16-17)21-24-25-22(26(21)2)30-15-9-20(29)28-13-11-27(12-14-28)19-8-3-4-10-23-19/h3-8,10,16H,9,11-15H2,1-2H3. The van der Waals surface area contributed by atoms with Crippen LogP contribution >= 0.6 is 11.8 Å². The summed E-state index contributed by atoms with van der Waals surface area (Å²) in [5, 5.41) is 9.48. The molecule has 1 fully saturated rings. The number of rotatable bonds is 6. The Morgan fingerprint density at radius 2 is 1.90 bits per heavy atom. The molecule has 2 aromatic heterocycles. The van der Waals surface area contributed by atoms with Crippen molar-refractivity contribution in [3.8, 4) is 11.4 Å². The molecule has 8 heteroatoms. The molecule has 0 atom stereocenters. The molecular formula is C22H26N6OS. The smallest absolute Gasteiger partial charge is 0.223 e. The molecule has 0 N–H and O–H groups in total. The van der Waals surface area contributed by atoms with Crippen LogP contribution in [0.1, 0.15) is 12.0 Å². The number of anilines is 1. The number of benzene rings is 1. The molecule has 0 unspecified atom stereocenters. The van der Waals surface area contributed by atoms with E-state index in [9.17, 15) is 4.79 Å². The Balaban J connectivity index is 1.26. The number of aromatic nitrogens is 4. The van der Waals surface area contributed by atoms with E-state index in [4.69, 9.17) is 0 Å². The minimum absolute atomic E-state index is 0.198. The van der Waals surface area contributed by atoms with Crippen LogP contribution in [0.3, 0.4) is 0 Å². The Morgan fingerprint density at radius 1 is 1.07 bits per heavy atom. The first-order valence-corrected chi connectivity index (χ1v) is 11.1. The molecule has 30 heavy (non-hydrogen) atoms. The molecule has 0 aliphatic carbocycles. The van der Waals surface area contributed by atoms with Crippen molar-refractivity contribution in [2.75, 3.05) is 36.8 Å². The van der Waals surface area contributed by atoms with Crippen molar-refractivity contribution in [2.45, 2.75) is 18.5 Å². The largest absolute Gasteiger partial charge is 0.353 e. The molecule has 0 spiro atoms. The second-order valence-corrected chi connectivity index (χ2v) is 8.45. The zero-order valence-corrected chi connectivity index (χ0v) is 18.2. The van der Waals surface area contributed by atoms with Gasteiger partial charge in [0.1, 0.15) is 5.82 Å². The fraction of sp³-hybridized carbons (Fsp3) is 0.364. The Labute approximate surface area is 181 Å². The normalized spacial score (nSPS) is 14.2. The van der Waals surface area contributed by atoms with Gasteiger partial charge in [-0.25, -0.2) is 4.98 Å². The van der Waals surface area contributed by atoms with Gasteiger partial charge in [0, 0.05) is 57.2 Å². The van der Waals surface area contributed by atoms with Crippen molar-refractivity contribution in [1.29, 1.82) is 0 Å². The quantitative estimate of drug-likeness (QED) is 0.569. The fourth-order valence-electron chi connectivity index (χ4n) is 3.59. The van der Waals surface area contributed by atoms with Crippen LogP contribution in [0.4, 0.5) is 5.82 Å². The highest BCUT2D eigenvalue weighted by Crippen LogP contribution is 2.24. The lowest BCUT2D eigenvalue weighted by atomic mass is 10.1. The maximum Gasteiger partial charge on any atom is 0.223 e. The Kier molecular flexibility index (Phi) is 6.32. The van der Waals surface area contributed by atoms with Gasteiger partial charge in [0.15, 0.2) is 11.0 Å². The number of thioether (sulfide) groups is 1. The molecule has 1 amide bonds. The predicted molar refractivity (Wildman–Crippen MR) is 120 cm³/mol. The molecule has 156 valence electrons. The van der Waals surface area contributed by atoms with E-state index in [1.165, 1.54) is 5.56 Å². The van der Waals surface area contributed by atoms with Crippen molar-refractivity contribution in [2.24, 2.45) is 7.05 Å². The van der Waals surface area contributed by atoms with Gasteiger partial charge < -0.3 is 14.4 Å². The van der Waals surface area contributed by atoms with E-state index in [2.05, 4.69) is 39.1 Å². The van der Waals surface area contributed by atoms with E-state index in [1.807, 2.05) is 46.8 Å². The minimum Gasteiger partial charge on any atom is -0.353 e. The number of hydrogen-bond acceptors (Lipinski definition) is 6. The Hall–Kier alpha value is -2.87. The second-order valence-electron chi connectivity index (χ2n) is 7.39. The van der Waals surface area contributed by atoms with Crippen LogP contribution in [0.2, 0.25) is 0 Å². The zero-order chi connectivity index (χ0) is 20.9. The maximum absolute atomic E-state index is 12.6. The van der Waals surface area contributed by atoms with Crippen LogP contribution < -0.4 is 4.90 Å². The van der Waals surface area contributed by atoms with Crippen molar-refractivity contribution < 1.29 is 4.79 Å². The Bertz CT molecular complexity index is 998. The molecular weight excluding hydrogens is 396 g/mol. The maximum atomic E-state index is 12.6. The third-order valence-corrected chi connectivity index (χ3v) is 6.29. The van der Waals surface area contributed by atoms with Gasteiger partial charge in [-0.3, -0.25) is 4.79 Å². The first-order valence-electron chi connectivity index (χ1n) is 10.1. The van der Waals surface area contributed by atoms with E-state index in [0.717, 1.165) is 48.5 Å². The number of aryl methyl sites for hydroxylation is 1. The van der Waals surface area contributed by atoms with Crippen LogP contribution in [0.5, 0.6) is 0 Å². The van der Waals surface area contributed by atoms with Gasteiger partial charge in [0.05, 0.1) is 0 Å². The molecule has 7 nitrogen and oxygen atoms in total. The molecule has 3 heterocycles. The first kappa shape index (κ1) is 20.4. The number of pyridine rings is 1. The van der Waals surface area contributed by atoms with E-state index >= 15 is 0 Å². The summed E-state index contributed by atoms with van der Waals surface area (Å²) in [6, 6.07) is 14.2. The van der Waals surface area contributed by atoms with Gasteiger partial charge in [-0.2, -0.15) is 0 Å². The van der Waals surface area contributed by atoms with Crippen molar-refractivity contribution >= 4 is 23.5 Å². The number of hydrogen-bond donors (Lipinski definition) is 0.